The largest absolute Gasteiger partial charge is 0.455 e. The van der Waals surface area contributed by atoms with Gasteiger partial charge in [-0.25, -0.2) is 4.98 Å². The maximum Gasteiger partial charge on any atom is 0.238 e. The van der Waals surface area contributed by atoms with Crippen LogP contribution in [0.25, 0.3) is 106 Å². The van der Waals surface area contributed by atoms with Crippen molar-refractivity contribution in [3.8, 4) is 62.1 Å². The summed E-state index contributed by atoms with van der Waals surface area (Å²) in [6.07, 6.45) is 0. The van der Waals surface area contributed by atoms with Crippen molar-refractivity contribution in [1.29, 1.82) is 0 Å². The van der Waals surface area contributed by atoms with E-state index in [1.54, 1.807) is 0 Å². The Morgan fingerprint density at radius 3 is 1.61 bits per heavy atom. The molecule has 0 unspecified atom stereocenters. The van der Waals surface area contributed by atoms with Crippen LogP contribution in [0.3, 0.4) is 0 Å². The van der Waals surface area contributed by atoms with E-state index in [1.165, 1.54) is 5.56 Å². The Balaban J connectivity index is 1.10. The number of aromatic nitrogens is 4. The highest BCUT2D eigenvalue weighted by Gasteiger charge is 2.20. The molecule has 0 N–H and O–H groups in total. The fourth-order valence-electron chi connectivity index (χ4n) is 7.94. The normalized spacial score (nSPS) is 11.6. The molecular weight excluding hydrogens is 685 g/mol. The second kappa shape index (κ2) is 13.0. The summed E-state index contributed by atoms with van der Waals surface area (Å²) in [4.78, 5) is 15.4. The molecule has 0 fully saturated rings. The molecule has 0 amide bonds. The zero-order valence-corrected chi connectivity index (χ0v) is 30.2. The van der Waals surface area contributed by atoms with Crippen molar-refractivity contribution in [3.63, 3.8) is 0 Å². The first-order valence-electron chi connectivity index (χ1n) is 18.8. The van der Waals surface area contributed by atoms with E-state index in [2.05, 4.69) is 156 Å². The average Bonchev–Trinajstić information content (AvgIpc) is 3.82. The van der Waals surface area contributed by atoms with Crippen LogP contribution in [0.4, 0.5) is 0 Å². The Morgan fingerprint density at radius 2 is 0.875 bits per heavy atom. The van der Waals surface area contributed by atoms with Gasteiger partial charge in [0.25, 0.3) is 0 Å². The summed E-state index contributed by atoms with van der Waals surface area (Å²) in [5.41, 5.74) is 12.3. The predicted octanol–water partition coefficient (Wildman–Crippen LogP) is 13.2. The Kier molecular flexibility index (Phi) is 7.42. The third-order valence-corrected chi connectivity index (χ3v) is 10.7. The average molecular weight is 717 g/mol. The first kappa shape index (κ1) is 31.9. The topological polar surface area (TPSA) is 56.7 Å². The third kappa shape index (κ3) is 5.37. The number of fused-ring (bicyclic) bond motifs is 6. The molecule has 56 heavy (non-hydrogen) atoms. The van der Waals surface area contributed by atoms with Gasteiger partial charge in [-0.15, -0.1) is 0 Å². The third-order valence-electron chi connectivity index (χ3n) is 10.7. The number of rotatable bonds is 6. The van der Waals surface area contributed by atoms with Crippen LogP contribution in [-0.4, -0.2) is 19.5 Å². The molecule has 0 radical (unpaired) electrons. The Bertz CT molecular complexity index is 3220. The van der Waals surface area contributed by atoms with E-state index < -0.39 is 0 Å². The van der Waals surface area contributed by atoms with E-state index in [-0.39, 0.29) is 0 Å². The summed E-state index contributed by atoms with van der Waals surface area (Å²) in [6, 6.07) is 67.4. The number of furan rings is 1. The first-order valence-corrected chi connectivity index (χ1v) is 18.8. The minimum atomic E-state index is 0.555. The van der Waals surface area contributed by atoms with Gasteiger partial charge in [0.15, 0.2) is 11.6 Å². The van der Waals surface area contributed by atoms with Crippen molar-refractivity contribution in [2.75, 3.05) is 0 Å². The molecule has 11 rings (SSSR count). The minimum absolute atomic E-state index is 0.555. The van der Waals surface area contributed by atoms with Crippen molar-refractivity contribution in [1.82, 2.24) is 19.5 Å². The van der Waals surface area contributed by atoms with Gasteiger partial charge in [0, 0.05) is 38.2 Å². The lowest BCUT2D eigenvalue weighted by Gasteiger charge is -2.12. The molecule has 0 atom stereocenters. The number of benzene rings is 8. The van der Waals surface area contributed by atoms with Crippen molar-refractivity contribution < 1.29 is 4.42 Å². The number of hydrogen-bond donors (Lipinski definition) is 0. The van der Waals surface area contributed by atoms with Gasteiger partial charge < -0.3 is 4.42 Å². The smallest absolute Gasteiger partial charge is 0.238 e. The summed E-state index contributed by atoms with van der Waals surface area (Å²) >= 11 is 0. The second-order valence-electron chi connectivity index (χ2n) is 14.0. The maximum absolute atomic E-state index is 6.64. The summed E-state index contributed by atoms with van der Waals surface area (Å²) in [7, 11) is 0. The van der Waals surface area contributed by atoms with Gasteiger partial charge >= 0.3 is 0 Å². The zero-order chi connectivity index (χ0) is 37.0. The number of hydrogen-bond acceptors (Lipinski definition) is 4. The van der Waals surface area contributed by atoms with Crippen LogP contribution >= 0.6 is 0 Å². The minimum Gasteiger partial charge on any atom is -0.455 e. The van der Waals surface area contributed by atoms with Crippen LogP contribution in [0.5, 0.6) is 0 Å². The second-order valence-corrected chi connectivity index (χ2v) is 14.0. The molecule has 5 heteroatoms. The van der Waals surface area contributed by atoms with E-state index >= 15 is 0 Å². The van der Waals surface area contributed by atoms with Crippen LogP contribution in [0, 0.1) is 0 Å². The Morgan fingerprint density at radius 1 is 0.339 bits per heavy atom. The zero-order valence-electron chi connectivity index (χ0n) is 30.2. The molecule has 0 aliphatic carbocycles. The molecule has 3 aromatic heterocycles. The van der Waals surface area contributed by atoms with Gasteiger partial charge in [0.05, 0.1) is 11.0 Å². The van der Waals surface area contributed by atoms with Crippen LogP contribution < -0.4 is 0 Å². The number of nitrogens with zero attached hydrogens (tertiary/aromatic N) is 4. The molecule has 0 spiro atoms. The lowest BCUT2D eigenvalue weighted by atomic mass is 9.99. The molecule has 8 aromatic carbocycles. The van der Waals surface area contributed by atoms with Gasteiger partial charge in [0.2, 0.25) is 5.95 Å². The van der Waals surface area contributed by atoms with Crippen LogP contribution in [0.2, 0.25) is 0 Å². The first-order chi connectivity index (χ1) is 27.7. The summed E-state index contributed by atoms with van der Waals surface area (Å²) in [6.45, 7) is 0. The van der Waals surface area contributed by atoms with Crippen LogP contribution in [-0.2, 0) is 0 Å². The van der Waals surface area contributed by atoms with Gasteiger partial charge in [-0.2, -0.15) is 9.97 Å². The van der Waals surface area contributed by atoms with E-state index in [0.717, 1.165) is 82.7 Å². The molecule has 0 bridgehead atoms. The molecule has 0 aliphatic rings. The van der Waals surface area contributed by atoms with Crippen molar-refractivity contribution in [2.45, 2.75) is 0 Å². The lowest BCUT2D eigenvalue weighted by Crippen LogP contribution is -2.06. The van der Waals surface area contributed by atoms with E-state index in [1.807, 2.05) is 42.5 Å². The highest BCUT2D eigenvalue weighted by Crippen LogP contribution is 2.40. The lowest BCUT2D eigenvalue weighted by molar-refractivity contribution is 0.670. The summed E-state index contributed by atoms with van der Waals surface area (Å²) in [5, 5.41) is 4.43. The quantitative estimate of drug-likeness (QED) is 0.172. The predicted molar refractivity (Wildman–Crippen MR) is 229 cm³/mol. The highest BCUT2D eigenvalue weighted by atomic mass is 16.3. The monoisotopic (exact) mass is 716 g/mol. The van der Waals surface area contributed by atoms with Gasteiger partial charge in [-0.1, -0.05) is 170 Å². The molecule has 0 saturated heterocycles. The molecule has 0 aliphatic heterocycles. The fraction of sp³-hybridized carbons (Fsp3) is 0. The fourth-order valence-corrected chi connectivity index (χ4v) is 7.94. The standard InChI is InChI=1S/C51H32N4O/c1-4-13-33(14-5-1)35-23-25-37(26-24-35)50-52-49(36-17-8-3-9-18-36)53-51(54-50)55-45-22-11-10-19-41(45)42-29-27-39(32-46(42)55)40-20-12-21-43-44-31-38(34-15-6-2-7-16-34)28-30-47(44)56-48(40)43/h1-32H. The van der Waals surface area contributed by atoms with Crippen LogP contribution in [0.15, 0.2) is 199 Å². The molecule has 262 valence electrons. The van der Waals surface area contributed by atoms with E-state index in [4.69, 9.17) is 19.4 Å². The van der Waals surface area contributed by atoms with E-state index in [9.17, 15) is 0 Å². The highest BCUT2D eigenvalue weighted by molar-refractivity contribution is 6.13. The van der Waals surface area contributed by atoms with Crippen molar-refractivity contribution in [3.05, 3.63) is 194 Å². The number of para-hydroxylation sites is 2. The van der Waals surface area contributed by atoms with Crippen molar-refractivity contribution in [2.24, 2.45) is 0 Å². The Labute approximate surface area is 322 Å². The summed E-state index contributed by atoms with van der Waals surface area (Å²) < 4.78 is 8.82. The van der Waals surface area contributed by atoms with Crippen molar-refractivity contribution >= 4 is 43.7 Å². The van der Waals surface area contributed by atoms with Gasteiger partial charge in [-0.05, 0) is 52.1 Å². The Hall–Kier alpha value is -7.63. The maximum atomic E-state index is 6.64. The molecule has 3 heterocycles. The molecule has 5 nitrogen and oxygen atoms in total. The summed E-state index contributed by atoms with van der Waals surface area (Å²) in [5.74, 6) is 1.78. The SMILES string of the molecule is c1ccc(-c2ccc(-c3nc(-c4ccccc4)nc(-n4c5ccccc5c5ccc(-c6cccc7c6oc6ccc(-c8ccccc8)cc67)cc54)n3)cc2)cc1. The van der Waals surface area contributed by atoms with Gasteiger partial charge in [0.1, 0.15) is 11.2 Å². The molecule has 0 saturated carbocycles. The van der Waals surface area contributed by atoms with E-state index in [0.29, 0.717) is 17.6 Å². The molecule has 11 aromatic rings. The van der Waals surface area contributed by atoms with Crippen LogP contribution in [0.1, 0.15) is 0 Å². The van der Waals surface area contributed by atoms with Gasteiger partial charge in [-0.3, -0.25) is 4.57 Å². The molecular formula is C51H32N4O.